The molecule has 0 radical (unpaired) electrons. The minimum absolute atomic E-state index is 0.0172. The van der Waals surface area contributed by atoms with Crippen LogP contribution in [0.5, 0.6) is 5.88 Å². The first-order chi connectivity index (χ1) is 6.29. The lowest BCUT2D eigenvalue weighted by Crippen LogP contribution is -2.19. The Balaban J connectivity index is 3.04. The van der Waals surface area contributed by atoms with Gasteiger partial charge in [-0.25, -0.2) is 0 Å². The number of ether oxygens (including phenoxy) is 1. The Morgan fingerprint density at radius 1 is 1.43 bits per heavy atom. The van der Waals surface area contributed by atoms with Crippen molar-refractivity contribution >= 4 is 38.5 Å². The van der Waals surface area contributed by atoms with Gasteiger partial charge in [0.25, 0.3) is 0 Å². The Morgan fingerprint density at radius 2 is 2.00 bits per heavy atom. The minimum atomic E-state index is -4.87. The lowest BCUT2D eigenvalue weighted by Gasteiger charge is -2.09. The summed E-state index contributed by atoms with van der Waals surface area (Å²) >= 11 is 4.34. The number of halogens is 6. The molecule has 0 fully saturated rings. The normalized spacial score (nSPS) is 11.6. The topological polar surface area (TPSA) is 22.1 Å². The molecule has 78 valence electrons. The lowest BCUT2D eigenvalue weighted by atomic mass is 10.5. The molecule has 1 aromatic heterocycles. The monoisotopic (exact) mass is 385 g/mol. The first kappa shape index (κ1) is 12.0. The van der Waals surface area contributed by atoms with Crippen LogP contribution in [-0.4, -0.2) is 11.3 Å². The maximum atomic E-state index is 12.7. The molecule has 0 saturated heterocycles. The second kappa shape index (κ2) is 4.17. The summed E-state index contributed by atoms with van der Waals surface area (Å²) in [4.78, 5) is 2.99. The maximum absolute atomic E-state index is 12.7. The molecule has 0 aliphatic heterocycles. The third-order valence-electron chi connectivity index (χ3n) is 1.07. The molecule has 0 amide bonds. The van der Waals surface area contributed by atoms with Crippen molar-refractivity contribution < 1.29 is 22.3 Å². The van der Waals surface area contributed by atoms with E-state index in [-0.39, 0.29) is 8.04 Å². The molecule has 14 heavy (non-hydrogen) atoms. The Labute approximate surface area is 97.9 Å². The summed E-state index contributed by atoms with van der Waals surface area (Å²) in [6.45, 7) is 0. The molecule has 1 rings (SSSR count). The van der Waals surface area contributed by atoms with Gasteiger partial charge in [0.15, 0.2) is 0 Å². The average Bonchev–Trinajstić information content (AvgIpc) is 1.97. The highest BCUT2D eigenvalue weighted by atomic mass is 127. The van der Waals surface area contributed by atoms with Crippen molar-refractivity contribution in [3.63, 3.8) is 0 Å². The summed E-state index contributed by atoms with van der Waals surface area (Å²) in [7, 11) is 0. The molecular weight excluding hydrogens is 385 g/mol. The van der Waals surface area contributed by atoms with E-state index >= 15 is 0 Å². The molecular formula is C6HBrF4INO. The molecule has 0 spiro atoms. The van der Waals surface area contributed by atoms with Gasteiger partial charge < -0.3 is 4.74 Å². The van der Waals surface area contributed by atoms with Crippen molar-refractivity contribution in [2.24, 2.45) is 0 Å². The fraction of sp³-hybridized carbons (Fsp3) is 0.167. The standard InChI is InChI=1S/C6HBrF4INO/c7-2-1-3(12)5(13-4(2)8)14-6(9,10)11/h1H. The Morgan fingerprint density at radius 3 is 2.50 bits per heavy atom. The fourth-order valence-electron chi connectivity index (χ4n) is 0.610. The molecule has 0 aliphatic rings. The number of nitrogens with zero attached hydrogens (tertiary/aromatic N) is 1. The predicted molar refractivity (Wildman–Crippen MR) is 51.3 cm³/mol. The van der Waals surface area contributed by atoms with Gasteiger partial charge in [0.05, 0.1) is 8.04 Å². The maximum Gasteiger partial charge on any atom is 0.574 e. The second-order valence-corrected chi connectivity index (χ2v) is 4.11. The van der Waals surface area contributed by atoms with Crippen LogP contribution in [0.25, 0.3) is 0 Å². The molecule has 0 unspecified atom stereocenters. The van der Waals surface area contributed by atoms with Gasteiger partial charge in [-0.3, -0.25) is 0 Å². The van der Waals surface area contributed by atoms with Crippen LogP contribution in [0.3, 0.4) is 0 Å². The Bertz CT molecular complexity index is 356. The van der Waals surface area contributed by atoms with E-state index in [1.165, 1.54) is 0 Å². The molecule has 0 saturated carbocycles. The van der Waals surface area contributed by atoms with Crippen LogP contribution in [0.4, 0.5) is 17.6 Å². The minimum Gasteiger partial charge on any atom is -0.387 e. The van der Waals surface area contributed by atoms with Gasteiger partial charge >= 0.3 is 6.36 Å². The third-order valence-corrected chi connectivity index (χ3v) is 2.40. The van der Waals surface area contributed by atoms with E-state index in [0.717, 1.165) is 6.07 Å². The van der Waals surface area contributed by atoms with Crippen molar-refractivity contribution in [3.8, 4) is 5.88 Å². The smallest absolute Gasteiger partial charge is 0.387 e. The summed E-state index contributed by atoms with van der Waals surface area (Å²) in [6, 6.07) is 1.14. The SMILES string of the molecule is Fc1nc(OC(F)(F)F)c(I)cc1Br. The quantitative estimate of drug-likeness (QED) is 0.419. The van der Waals surface area contributed by atoms with Crippen LogP contribution in [0.1, 0.15) is 0 Å². The van der Waals surface area contributed by atoms with Gasteiger partial charge in [-0.1, -0.05) is 0 Å². The van der Waals surface area contributed by atoms with E-state index in [1.54, 1.807) is 22.6 Å². The Kier molecular flexibility index (Phi) is 3.56. The van der Waals surface area contributed by atoms with E-state index in [0.29, 0.717) is 0 Å². The number of alkyl halides is 3. The van der Waals surface area contributed by atoms with Crippen molar-refractivity contribution in [1.82, 2.24) is 4.98 Å². The number of hydrogen-bond acceptors (Lipinski definition) is 2. The number of rotatable bonds is 1. The zero-order valence-corrected chi connectivity index (χ0v) is 9.94. The number of hydrogen-bond donors (Lipinski definition) is 0. The predicted octanol–water partition coefficient (Wildman–Crippen LogP) is 3.49. The molecule has 2 nitrogen and oxygen atoms in total. The summed E-state index contributed by atoms with van der Waals surface area (Å²) < 4.78 is 51.5. The van der Waals surface area contributed by atoms with E-state index in [2.05, 4.69) is 25.7 Å². The summed E-state index contributed by atoms with van der Waals surface area (Å²) in [5.41, 5.74) is 0. The first-order valence-electron chi connectivity index (χ1n) is 3.07. The van der Waals surface area contributed by atoms with Gasteiger partial charge in [0.1, 0.15) is 0 Å². The van der Waals surface area contributed by atoms with Crippen LogP contribution in [0.2, 0.25) is 0 Å². The highest BCUT2D eigenvalue weighted by Gasteiger charge is 2.33. The van der Waals surface area contributed by atoms with Gasteiger partial charge in [-0.2, -0.15) is 9.37 Å². The number of aromatic nitrogens is 1. The van der Waals surface area contributed by atoms with Gasteiger partial charge in [-0.15, -0.1) is 13.2 Å². The van der Waals surface area contributed by atoms with E-state index < -0.39 is 18.2 Å². The summed E-state index contributed by atoms with van der Waals surface area (Å²) in [5, 5.41) is 0. The fourth-order valence-corrected chi connectivity index (χ4v) is 1.90. The van der Waals surface area contributed by atoms with Crippen molar-refractivity contribution in [2.45, 2.75) is 6.36 Å². The molecule has 0 aromatic carbocycles. The Hall–Kier alpha value is -0.120. The lowest BCUT2D eigenvalue weighted by molar-refractivity contribution is -0.276. The third kappa shape index (κ3) is 3.23. The molecule has 1 aromatic rings. The number of pyridine rings is 1. The molecule has 0 atom stereocenters. The van der Waals surface area contributed by atoms with Crippen molar-refractivity contribution in [1.29, 1.82) is 0 Å². The van der Waals surface area contributed by atoms with Gasteiger partial charge in [0.2, 0.25) is 11.8 Å². The highest BCUT2D eigenvalue weighted by Crippen LogP contribution is 2.28. The van der Waals surface area contributed by atoms with Crippen molar-refractivity contribution in [3.05, 3.63) is 20.1 Å². The largest absolute Gasteiger partial charge is 0.574 e. The van der Waals surface area contributed by atoms with Crippen LogP contribution in [0, 0.1) is 9.52 Å². The zero-order valence-electron chi connectivity index (χ0n) is 6.20. The molecule has 8 heteroatoms. The summed E-state index contributed by atoms with van der Waals surface area (Å²) in [5.74, 6) is -1.84. The molecule has 0 aliphatic carbocycles. The van der Waals surface area contributed by atoms with Gasteiger partial charge in [0, 0.05) is 0 Å². The first-order valence-corrected chi connectivity index (χ1v) is 4.94. The molecule has 1 heterocycles. The molecule has 0 N–H and O–H groups in total. The van der Waals surface area contributed by atoms with E-state index in [9.17, 15) is 17.6 Å². The van der Waals surface area contributed by atoms with Crippen LogP contribution in [0.15, 0.2) is 10.5 Å². The highest BCUT2D eigenvalue weighted by molar-refractivity contribution is 14.1. The zero-order chi connectivity index (χ0) is 10.9. The van der Waals surface area contributed by atoms with Crippen LogP contribution in [-0.2, 0) is 0 Å². The van der Waals surface area contributed by atoms with Gasteiger partial charge in [-0.05, 0) is 44.6 Å². The molecule has 0 bridgehead atoms. The van der Waals surface area contributed by atoms with Crippen LogP contribution < -0.4 is 4.74 Å². The second-order valence-electron chi connectivity index (χ2n) is 2.10. The van der Waals surface area contributed by atoms with Crippen LogP contribution >= 0.6 is 38.5 Å². The van der Waals surface area contributed by atoms with E-state index in [1.807, 2.05) is 0 Å². The van der Waals surface area contributed by atoms with E-state index in [4.69, 9.17) is 0 Å². The average molecular weight is 386 g/mol. The van der Waals surface area contributed by atoms with Crippen molar-refractivity contribution in [2.75, 3.05) is 0 Å². The summed E-state index contributed by atoms with van der Waals surface area (Å²) in [6.07, 6.45) is -4.87.